The lowest BCUT2D eigenvalue weighted by Gasteiger charge is -2.30. The highest BCUT2D eigenvalue weighted by Gasteiger charge is 2.39. The molecule has 3 unspecified atom stereocenters. The summed E-state index contributed by atoms with van der Waals surface area (Å²) in [6.07, 6.45) is 0.603. The van der Waals surface area contributed by atoms with Crippen molar-refractivity contribution >= 4 is 0 Å². The quantitative estimate of drug-likeness (QED) is 0.701. The zero-order chi connectivity index (χ0) is 15.7. The van der Waals surface area contributed by atoms with E-state index in [-0.39, 0.29) is 11.7 Å². The Hall–Kier alpha value is -1.26. The molecule has 0 radical (unpaired) electrons. The zero-order valence-corrected chi connectivity index (χ0v) is 13.0. The lowest BCUT2D eigenvalue weighted by molar-refractivity contribution is -0.243. The molecule has 22 heavy (non-hydrogen) atoms. The van der Waals surface area contributed by atoms with Gasteiger partial charge in [0.25, 0.3) is 0 Å². The molecule has 2 aliphatic heterocycles. The second-order valence-electron chi connectivity index (χ2n) is 6.42. The van der Waals surface area contributed by atoms with Crippen molar-refractivity contribution in [1.82, 2.24) is 0 Å². The molecule has 2 heterocycles. The summed E-state index contributed by atoms with van der Waals surface area (Å²) in [6.45, 7) is 4.38. The molecule has 0 aliphatic carbocycles. The monoisotopic (exact) mass is 308 g/mol. The van der Waals surface area contributed by atoms with Gasteiger partial charge in [-0.05, 0) is 43.2 Å². The lowest BCUT2D eigenvalue weighted by Crippen LogP contribution is -2.28. The van der Waals surface area contributed by atoms with Crippen LogP contribution in [0.5, 0.6) is 0 Å². The second-order valence-corrected chi connectivity index (χ2v) is 6.42. The van der Waals surface area contributed by atoms with Crippen molar-refractivity contribution in [3.8, 4) is 0 Å². The standard InChI is InChI=1S/C18H22F2O2/c1-12-3-9-16(21-11-12)14-5-7-15(8-6-14)17-10-4-13(2)18(19,20)22-17/h4-8,12,16-17H,3,9-11H2,1-2H3. The maximum Gasteiger partial charge on any atom is 0.379 e. The zero-order valence-electron chi connectivity index (χ0n) is 13.0. The van der Waals surface area contributed by atoms with E-state index in [0.717, 1.165) is 30.6 Å². The Morgan fingerprint density at radius 2 is 1.68 bits per heavy atom. The maximum absolute atomic E-state index is 13.6. The molecule has 0 saturated carbocycles. The lowest BCUT2D eigenvalue weighted by atomic mass is 9.94. The number of benzene rings is 1. The molecule has 1 aromatic rings. The van der Waals surface area contributed by atoms with E-state index in [1.54, 1.807) is 6.08 Å². The molecule has 1 saturated heterocycles. The predicted molar refractivity (Wildman–Crippen MR) is 80.7 cm³/mol. The molecule has 3 atom stereocenters. The first kappa shape index (κ1) is 15.6. The second kappa shape index (κ2) is 6.09. The Labute approximate surface area is 130 Å². The SMILES string of the molecule is CC1=CCC(c2ccc(C3CCC(C)CO3)cc2)OC1(F)F. The summed E-state index contributed by atoms with van der Waals surface area (Å²) in [6, 6.07) is 7.71. The number of hydrogen-bond acceptors (Lipinski definition) is 2. The number of rotatable bonds is 2. The predicted octanol–water partition coefficient (Wildman–Crippen LogP) is 5.17. The van der Waals surface area contributed by atoms with E-state index in [9.17, 15) is 8.78 Å². The van der Waals surface area contributed by atoms with Crippen LogP contribution in [0.15, 0.2) is 35.9 Å². The van der Waals surface area contributed by atoms with Gasteiger partial charge >= 0.3 is 6.11 Å². The van der Waals surface area contributed by atoms with Gasteiger partial charge in [0.05, 0.1) is 12.2 Å². The summed E-state index contributed by atoms with van der Waals surface area (Å²) >= 11 is 0. The van der Waals surface area contributed by atoms with Crippen LogP contribution < -0.4 is 0 Å². The normalized spacial score (nSPS) is 31.6. The number of halogens is 2. The third-order valence-electron chi connectivity index (χ3n) is 4.57. The minimum Gasteiger partial charge on any atom is -0.373 e. The summed E-state index contributed by atoms with van der Waals surface area (Å²) in [5, 5.41) is 0. The molecule has 2 nitrogen and oxygen atoms in total. The molecule has 4 heteroatoms. The average Bonchev–Trinajstić information content (AvgIpc) is 2.51. The van der Waals surface area contributed by atoms with Gasteiger partial charge in [0.15, 0.2) is 0 Å². The van der Waals surface area contributed by atoms with E-state index in [1.807, 2.05) is 24.3 Å². The topological polar surface area (TPSA) is 18.5 Å². The van der Waals surface area contributed by atoms with Gasteiger partial charge in [-0.15, -0.1) is 0 Å². The van der Waals surface area contributed by atoms with Crippen LogP contribution in [0.4, 0.5) is 8.78 Å². The highest BCUT2D eigenvalue weighted by molar-refractivity contribution is 5.28. The fourth-order valence-electron chi connectivity index (χ4n) is 3.00. The highest BCUT2D eigenvalue weighted by atomic mass is 19.3. The van der Waals surface area contributed by atoms with Gasteiger partial charge in [-0.3, -0.25) is 0 Å². The van der Waals surface area contributed by atoms with Crippen LogP contribution >= 0.6 is 0 Å². The molecule has 2 aliphatic rings. The molecule has 1 fully saturated rings. The largest absolute Gasteiger partial charge is 0.379 e. The summed E-state index contributed by atoms with van der Waals surface area (Å²) < 4.78 is 38.0. The molecule has 1 aromatic carbocycles. The molecular weight excluding hydrogens is 286 g/mol. The van der Waals surface area contributed by atoms with Gasteiger partial charge in [0, 0.05) is 12.2 Å². The van der Waals surface area contributed by atoms with Crippen LogP contribution in [0, 0.1) is 5.92 Å². The first-order valence-corrected chi connectivity index (χ1v) is 7.90. The van der Waals surface area contributed by atoms with E-state index in [1.165, 1.54) is 6.92 Å². The Morgan fingerprint density at radius 1 is 1.05 bits per heavy atom. The van der Waals surface area contributed by atoms with E-state index in [2.05, 4.69) is 6.92 Å². The molecule has 0 aromatic heterocycles. The van der Waals surface area contributed by atoms with Crippen molar-refractivity contribution in [2.24, 2.45) is 5.92 Å². The fourth-order valence-corrected chi connectivity index (χ4v) is 3.00. The van der Waals surface area contributed by atoms with Gasteiger partial charge in [0.1, 0.15) is 0 Å². The van der Waals surface area contributed by atoms with Crippen LogP contribution in [-0.4, -0.2) is 12.7 Å². The van der Waals surface area contributed by atoms with Crippen LogP contribution in [0.2, 0.25) is 0 Å². The highest BCUT2D eigenvalue weighted by Crippen LogP contribution is 2.39. The summed E-state index contributed by atoms with van der Waals surface area (Å²) in [4.78, 5) is 0. The molecule has 0 amide bonds. The van der Waals surface area contributed by atoms with Crippen LogP contribution in [0.1, 0.15) is 56.4 Å². The van der Waals surface area contributed by atoms with Gasteiger partial charge in [0.2, 0.25) is 0 Å². The number of alkyl halides is 2. The van der Waals surface area contributed by atoms with Crippen LogP contribution in [-0.2, 0) is 9.47 Å². The molecular formula is C18H22F2O2. The maximum atomic E-state index is 13.6. The third kappa shape index (κ3) is 3.23. The van der Waals surface area contributed by atoms with Gasteiger partial charge in [-0.2, -0.15) is 8.78 Å². The number of hydrogen-bond donors (Lipinski definition) is 0. The van der Waals surface area contributed by atoms with Gasteiger partial charge in [-0.1, -0.05) is 37.3 Å². The van der Waals surface area contributed by atoms with Crippen molar-refractivity contribution in [3.63, 3.8) is 0 Å². The summed E-state index contributed by atoms with van der Waals surface area (Å²) in [7, 11) is 0. The summed E-state index contributed by atoms with van der Waals surface area (Å²) in [5.74, 6) is 0.614. The molecule has 0 bridgehead atoms. The average molecular weight is 308 g/mol. The van der Waals surface area contributed by atoms with Crippen molar-refractivity contribution in [2.75, 3.05) is 6.61 Å². The molecule has 0 spiro atoms. The first-order valence-electron chi connectivity index (χ1n) is 7.90. The summed E-state index contributed by atoms with van der Waals surface area (Å²) in [5.41, 5.74) is 1.89. The Kier molecular flexibility index (Phi) is 4.33. The van der Waals surface area contributed by atoms with E-state index < -0.39 is 12.2 Å². The van der Waals surface area contributed by atoms with Crippen molar-refractivity contribution < 1.29 is 18.3 Å². The fraction of sp³-hybridized carbons (Fsp3) is 0.556. The first-order chi connectivity index (χ1) is 10.5. The van der Waals surface area contributed by atoms with Crippen LogP contribution in [0.25, 0.3) is 0 Å². The smallest absolute Gasteiger partial charge is 0.373 e. The molecule has 3 rings (SSSR count). The van der Waals surface area contributed by atoms with Gasteiger partial charge in [-0.25, -0.2) is 0 Å². The number of ether oxygens (including phenoxy) is 2. The Morgan fingerprint density at radius 3 is 2.23 bits per heavy atom. The molecule has 0 N–H and O–H groups in total. The Bertz CT molecular complexity index is 543. The van der Waals surface area contributed by atoms with Gasteiger partial charge < -0.3 is 9.47 Å². The third-order valence-corrected chi connectivity index (χ3v) is 4.57. The molecule has 120 valence electrons. The van der Waals surface area contributed by atoms with E-state index in [0.29, 0.717) is 12.3 Å². The van der Waals surface area contributed by atoms with E-state index in [4.69, 9.17) is 9.47 Å². The van der Waals surface area contributed by atoms with Crippen molar-refractivity contribution in [2.45, 2.75) is 51.4 Å². The minimum absolute atomic E-state index is 0.00917. The Balaban J connectivity index is 1.70. The van der Waals surface area contributed by atoms with Crippen LogP contribution in [0.3, 0.4) is 0 Å². The van der Waals surface area contributed by atoms with Crippen molar-refractivity contribution in [3.05, 3.63) is 47.0 Å². The van der Waals surface area contributed by atoms with Crippen molar-refractivity contribution in [1.29, 1.82) is 0 Å². The van der Waals surface area contributed by atoms with E-state index >= 15 is 0 Å². The minimum atomic E-state index is -3.16.